The van der Waals surface area contributed by atoms with Gasteiger partial charge in [-0.15, -0.1) is 24.8 Å². The lowest BCUT2D eigenvalue weighted by atomic mass is 10.1. The number of para-hydroxylation sites is 1. The van der Waals surface area contributed by atoms with Gasteiger partial charge in [0.05, 0.1) is 5.69 Å². The number of carbonyl (C=O) groups excluding carboxylic acids is 1. The fraction of sp³-hybridized carbons (Fsp3) is 0.412. The lowest BCUT2D eigenvalue weighted by molar-refractivity contribution is -0.121. The highest BCUT2D eigenvalue weighted by Crippen LogP contribution is 2.12. The number of carbonyl (C=O) groups is 1. The van der Waals surface area contributed by atoms with Crippen LogP contribution in [0.2, 0.25) is 0 Å². The lowest BCUT2D eigenvalue weighted by Gasteiger charge is -2.19. The molecule has 3 N–H and O–H groups in total. The molecule has 0 radical (unpaired) electrons. The second-order valence-electron chi connectivity index (χ2n) is 5.89. The van der Waals surface area contributed by atoms with Crippen LogP contribution in [-0.4, -0.2) is 51.8 Å². The molecule has 0 saturated carbocycles. The molecule has 1 aromatic heterocycles. The SMILES string of the molecule is CCC(Nc1nnnn1-c1ccccc1)C(=O)NCC1=CCNCC1.Cl.Cl. The number of amides is 1. The first kappa shape index (κ1) is 22.9. The van der Waals surface area contributed by atoms with Crippen molar-refractivity contribution in [1.82, 2.24) is 30.8 Å². The van der Waals surface area contributed by atoms with Gasteiger partial charge in [-0.3, -0.25) is 4.79 Å². The molecule has 2 aromatic rings. The van der Waals surface area contributed by atoms with E-state index >= 15 is 0 Å². The molecule has 0 aliphatic carbocycles. The molecule has 8 nitrogen and oxygen atoms in total. The van der Waals surface area contributed by atoms with Gasteiger partial charge in [0.15, 0.2) is 0 Å². The standard InChI is InChI=1S/C17H23N7O.2ClH/c1-2-15(16(25)19-12-13-8-10-18-11-9-13)20-17-21-22-23-24(17)14-6-4-3-5-7-14;;/h3-8,15,18H,2,9-12H2,1H3,(H,19,25)(H,20,21,23);2*1H. The molecule has 3 rings (SSSR count). The minimum Gasteiger partial charge on any atom is -0.351 e. The second kappa shape index (κ2) is 11.5. The van der Waals surface area contributed by atoms with E-state index in [4.69, 9.17) is 0 Å². The van der Waals surface area contributed by atoms with E-state index in [0.717, 1.165) is 25.2 Å². The summed E-state index contributed by atoms with van der Waals surface area (Å²) < 4.78 is 1.59. The topological polar surface area (TPSA) is 96.8 Å². The largest absolute Gasteiger partial charge is 0.351 e. The number of nitrogens with one attached hydrogen (secondary N) is 3. The maximum absolute atomic E-state index is 12.5. The summed E-state index contributed by atoms with van der Waals surface area (Å²) in [5, 5.41) is 21.1. The van der Waals surface area contributed by atoms with Gasteiger partial charge in [-0.05, 0) is 41.9 Å². The van der Waals surface area contributed by atoms with E-state index in [0.29, 0.717) is 18.9 Å². The highest BCUT2D eigenvalue weighted by Gasteiger charge is 2.20. The highest BCUT2D eigenvalue weighted by molar-refractivity contribution is 5.85. The smallest absolute Gasteiger partial charge is 0.248 e. The van der Waals surface area contributed by atoms with Crippen molar-refractivity contribution in [3.8, 4) is 5.69 Å². The van der Waals surface area contributed by atoms with Crippen molar-refractivity contribution in [3.05, 3.63) is 42.0 Å². The van der Waals surface area contributed by atoms with Gasteiger partial charge in [-0.25, -0.2) is 0 Å². The number of hydrogen-bond acceptors (Lipinski definition) is 6. The predicted molar refractivity (Wildman–Crippen MR) is 110 cm³/mol. The third-order valence-corrected chi connectivity index (χ3v) is 4.15. The van der Waals surface area contributed by atoms with Crippen molar-refractivity contribution in [3.63, 3.8) is 0 Å². The highest BCUT2D eigenvalue weighted by atomic mass is 35.5. The number of benzene rings is 1. The van der Waals surface area contributed by atoms with Crippen molar-refractivity contribution in [1.29, 1.82) is 0 Å². The van der Waals surface area contributed by atoms with Gasteiger partial charge in [-0.1, -0.05) is 41.9 Å². The number of aromatic nitrogens is 4. The first-order valence-electron chi connectivity index (χ1n) is 8.54. The Hall–Kier alpha value is -2.16. The van der Waals surface area contributed by atoms with Gasteiger partial charge in [0.25, 0.3) is 0 Å². The molecule has 0 fully saturated rings. The Morgan fingerprint density at radius 3 is 2.74 bits per heavy atom. The van der Waals surface area contributed by atoms with E-state index in [-0.39, 0.29) is 30.7 Å². The minimum absolute atomic E-state index is 0. The van der Waals surface area contributed by atoms with E-state index in [2.05, 4.69) is 37.6 Å². The van der Waals surface area contributed by atoms with Crippen molar-refractivity contribution in [2.45, 2.75) is 25.8 Å². The molecule has 1 aliphatic heterocycles. The molecule has 27 heavy (non-hydrogen) atoms. The van der Waals surface area contributed by atoms with Crippen LogP contribution in [0.3, 0.4) is 0 Å². The Balaban J connectivity index is 0.00000182. The minimum atomic E-state index is -0.393. The maximum atomic E-state index is 12.5. The van der Waals surface area contributed by atoms with E-state index in [9.17, 15) is 4.79 Å². The van der Waals surface area contributed by atoms with Crippen molar-refractivity contribution >= 4 is 36.7 Å². The summed E-state index contributed by atoms with van der Waals surface area (Å²) in [5.41, 5.74) is 2.10. The van der Waals surface area contributed by atoms with E-state index < -0.39 is 6.04 Å². The van der Waals surface area contributed by atoms with Crippen LogP contribution in [0, 0.1) is 0 Å². The molecule has 10 heteroatoms. The summed E-state index contributed by atoms with van der Waals surface area (Å²) in [7, 11) is 0. The molecule has 148 valence electrons. The zero-order valence-corrected chi connectivity index (χ0v) is 16.7. The van der Waals surface area contributed by atoms with Crippen LogP contribution in [0.25, 0.3) is 5.69 Å². The van der Waals surface area contributed by atoms with Gasteiger partial charge in [-0.2, -0.15) is 4.68 Å². The monoisotopic (exact) mass is 413 g/mol. The number of anilines is 1. The average molecular weight is 414 g/mol. The van der Waals surface area contributed by atoms with Crippen molar-refractivity contribution in [2.24, 2.45) is 0 Å². The van der Waals surface area contributed by atoms with Crippen molar-refractivity contribution in [2.75, 3.05) is 25.0 Å². The third kappa shape index (κ3) is 6.20. The first-order chi connectivity index (χ1) is 12.3. The Labute approximate surface area is 171 Å². The van der Waals surface area contributed by atoms with Gasteiger partial charge in [0.2, 0.25) is 11.9 Å². The molecular weight excluding hydrogens is 389 g/mol. The molecule has 1 aliphatic rings. The molecule has 0 saturated heterocycles. The molecule has 0 spiro atoms. The third-order valence-electron chi connectivity index (χ3n) is 4.15. The first-order valence-corrected chi connectivity index (χ1v) is 8.54. The van der Waals surface area contributed by atoms with Gasteiger partial charge >= 0.3 is 0 Å². The Morgan fingerprint density at radius 1 is 1.30 bits per heavy atom. The number of nitrogens with zero attached hydrogens (tertiary/aromatic N) is 4. The Morgan fingerprint density at radius 2 is 2.07 bits per heavy atom. The number of halogens is 2. The van der Waals surface area contributed by atoms with Crippen LogP contribution in [0.15, 0.2) is 42.0 Å². The molecule has 1 unspecified atom stereocenters. The Kier molecular flexibility index (Phi) is 9.77. The summed E-state index contributed by atoms with van der Waals surface area (Å²) in [4.78, 5) is 12.5. The normalized spacial score (nSPS) is 14.2. The van der Waals surface area contributed by atoms with E-state index in [1.807, 2.05) is 37.3 Å². The number of rotatable bonds is 7. The Bertz CT molecular complexity index is 736. The summed E-state index contributed by atoms with van der Waals surface area (Å²) in [5.74, 6) is 0.402. The zero-order valence-electron chi connectivity index (χ0n) is 15.1. The summed E-state index contributed by atoms with van der Waals surface area (Å²) in [6.45, 7) is 4.37. The van der Waals surface area contributed by atoms with E-state index in [1.165, 1.54) is 5.57 Å². The zero-order chi connectivity index (χ0) is 17.5. The van der Waals surface area contributed by atoms with Gasteiger partial charge in [0, 0.05) is 13.1 Å². The summed E-state index contributed by atoms with van der Waals surface area (Å²) in [6, 6.07) is 9.18. The second-order valence-corrected chi connectivity index (χ2v) is 5.89. The molecule has 0 bridgehead atoms. The van der Waals surface area contributed by atoms with E-state index in [1.54, 1.807) is 4.68 Å². The van der Waals surface area contributed by atoms with Gasteiger partial charge < -0.3 is 16.0 Å². The average Bonchev–Trinajstić information content (AvgIpc) is 3.14. The van der Waals surface area contributed by atoms with Crippen molar-refractivity contribution < 1.29 is 4.79 Å². The van der Waals surface area contributed by atoms with Crippen LogP contribution in [0.5, 0.6) is 0 Å². The molecule has 1 aromatic carbocycles. The lowest BCUT2D eigenvalue weighted by Crippen LogP contribution is -2.41. The van der Waals surface area contributed by atoms with Gasteiger partial charge in [0.1, 0.15) is 6.04 Å². The van der Waals surface area contributed by atoms with Crippen LogP contribution in [-0.2, 0) is 4.79 Å². The fourth-order valence-electron chi connectivity index (χ4n) is 2.68. The maximum Gasteiger partial charge on any atom is 0.248 e. The predicted octanol–water partition coefficient (Wildman–Crippen LogP) is 1.73. The van der Waals surface area contributed by atoms with Crippen LogP contribution in [0.1, 0.15) is 19.8 Å². The number of tetrazole rings is 1. The molecule has 1 amide bonds. The van der Waals surface area contributed by atoms with Crippen LogP contribution in [0.4, 0.5) is 5.95 Å². The quantitative estimate of drug-likeness (QED) is 0.598. The molecule has 2 heterocycles. The molecule has 1 atom stereocenters. The summed E-state index contributed by atoms with van der Waals surface area (Å²) >= 11 is 0. The fourth-order valence-corrected chi connectivity index (χ4v) is 2.68. The van der Waals surface area contributed by atoms with Crippen LogP contribution >= 0.6 is 24.8 Å². The summed E-state index contributed by atoms with van der Waals surface area (Å²) in [6.07, 6.45) is 3.74. The molecular formula is C17H25Cl2N7O. The van der Waals surface area contributed by atoms with Crippen LogP contribution < -0.4 is 16.0 Å². The number of hydrogen-bond donors (Lipinski definition) is 3.